The highest BCUT2D eigenvalue weighted by Gasteiger charge is 2.38. The molecule has 0 spiro atoms. The molecule has 5 N–H and O–H groups in total. The van der Waals surface area contributed by atoms with E-state index in [0.29, 0.717) is 32.4 Å². The third-order valence-corrected chi connectivity index (χ3v) is 4.97. The minimum Gasteiger partial charge on any atom is -0.459 e. The first kappa shape index (κ1) is 26.0. The lowest BCUT2D eigenvalue weighted by Gasteiger charge is -2.29. The Morgan fingerprint density at radius 3 is 2.55 bits per heavy atom. The van der Waals surface area contributed by atoms with Crippen LogP contribution in [0, 0.1) is 0 Å². The fourth-order valence-corrected chi connectivity index (χ4v) is 3.51. The molecule has 0 aromatic heterocycles. The molecule has 1 aromatic carbocycles. The summed E-state index contributed by atoms with van der Waals surface area (Å²) in [6, 6.07) is 7.77. The van der Waals surface area contributed by atoms with Crippen molar-refractivity contribution in [1.82, 2.24) is 10.2 Å². The van der Waals surface area contributed by atoms with Gasteiger partial charge in [0.05, 0.1) is 0 Å². The van der Waals surface area contributed by atoms with Crippen LogP contribution in [-0.2, 0) is 25.7 Å². The van der Waals surface area contributed by atoms with Gasteiger partial charge in [-0.15, -0.1) is 0 Å². The van der Waals surface area contributed by atoms with Crippen molar-refractivity contribution in [2.45, 2.75) is 70.7 Å². The Bertz CT molecular complexity index is 833. The third kappa shape index (κ3) is 8.99. The molecule has 0 radical (unpaired) electrons. The maximum Gasteiger partial charge on any atom is 0.408 e. The van der Waals surface area contributed by atoms with E-state index in [9.17, 15) is 14.4 Å². The average Bonchev–Trinajstić information content (AvgIpc) is 3.23. The van der Waals surface area contributed by atoms with E-state index in [2.05, 4.69) is 10.3 Å². The van der Waals surface area contributed by atoms with Crippen molar-refractivity contribution in [2.75, 3.05) is 13.1 Å². The number of hydrogen-bond acceptors (Lipinski definition) is 6. The normalized spacial score (nSPS) is 16.6. The van der Waals surface area contributed by atoms with Crippen molar-refractivity contribution >= 4 is 23.9 Å². The van der Waals surface area contributed by atoms with Gasteiger partial charge < -0.3 is 31.2 Å². The van der Waals surface area contributed by atoms with Crippen LogP contribution in [0.4, 0.5) is 4.79 Å². The maximum atomic E-state index is 13.3. The second kappa shape index (κ2) is 12.1. The Morgan fingerprint density at radius 1 is 1.21 bits per heavy atom. The summed E-state index contributed by atoms with van der Waals surface area (Å²) in [7, 11) is 0. The van der Waals surface area contributed by atoms with Crippen LogP contribution >= 0.6 is 0 Å². The van der Waals surface area contributed by atoms with Gasteiger partial charge in [-0.05, 0) is 52.0 Å². The lowest BCUT2D eigenvalue weighted by Crippen LogP contribution is -2.52. The molecule has 182 valence electrons. The molecule has 0 bridgehead atoms. The Morgan fingerprint density at radius 2 is 1.91 bits per heavy atom. The average molecular weight is 462 g/mol. The van der Waals surface area contributed by atoms with Crippen molar-refractivity contribution in [1.29, 1.82) is 0 Å². The molecule has 2 atom stereocenters. The minimum absolute atomic E-state index is 0.0428. The second-order valence-corrected chi connectivity index (χ2v) is 8.93. The van der Waals surface area contributed by atoms with Gasteiger partial charge in [0.2, 0.25) is 5.91 Å². The molecule has 10 heteroatoms. The Hall–Kier alpha value is -3.30. The number of likely N-dealkylation sites (tertiary alicyclic amines) is 1. The summed E-state index contributed by atoms with van der Waals surface area (Å²) in [6.45, 7) is 6.06. The van der Waals surface area contributed by atoms with Crippen molar-refractivity contribution < 1.29 is 23.9 Å². The van der Waals surface area contributed by atoms with Crippen LogP contribution < -0.4 is 16.8 Å². The van der Waals surface area contributed by atoms with Crippen LogP contribution in [0.2, 0.25) is 0 Å². The predicted molar refractivity (Wildman–Crippen MR) is 124 cm³/mol. The van der Waals surface area contributed by atoms with E-state index in [-0.39, 0.29) is 24.9 Å². The van der Waals surface area contributed by atoms with Crippen molar-refractivity contribution in [3.8, 4) is 0 Å². The quantitative estimate of drug-likeness (QED) is 0.219. The van der Waals surface area contributed by atoms with E-state index >= 15 is 0 Å². The summed E-state index contributed by atoms with van der Waals surface area (Å²) in [5.41, 5.74) is 10.9. The molecule has 1 fully saturated rings. The zero-order chi connectivity index (χ0) is 24.4. The molecule has 0 aliphatic carbocycles. The number of rotatable bonds is 9. The van der Waals surface area contributed by atoms with Crippen molar-refractivity contribution in [3.63, 3.8) is 0 Å². The van der Waals surface area contributed by atoms with E-state index in [1.54, 1.807) is 20.8 Å². The number of carbonyl (C=O) groups excluding carboxylic acids is 3. The summed E-state index contributed by atoms with van der Waals surface area (Å²) in [5.74, 6) is -0.857. The van der Waals surface area contributed by atoms with Gasteiger partial charge in [-0.3, -0.25) is 9.79 Å². The van der Waals surface area contributed by atoms with Gasteiger partial charge in [-0.2, -0.15) is 0 Å². The molecule has 2 rings (SSSR count). The predicted octanol–water partition coefficient (Wildman–Crippen LogP) is 1.67. The van der Waals surface area contributed by atoms with Gasteiger partial charge in [0.15, 0.2) is 5.96 Å². The van der Waals surface area contributed by atoms with Crippen LogP contribution in [-0.4, -0.2) is 59.6 Å². The largest absolute Gasteiger partial charge is 0.459 e. The summed E-state index contributed by atoms with van der Waals surface area (Å²) < 4.78 is 10.8. The van der Waals surface area contributed by atoms with Gasteiger partial charge in [0.1, 0.15) is 24.3 Å². The molecular formula is C23H35N5O5. The maximum absolute atomic E-state index is 13.3. The smallest absolute Gasteiger partial charge is 0.408 e. The van der Waals surface area contributed by atoms with Gasteiger partial charge >= 0.3 is 12.1 Å². The summed E-state index contributed by atoms with van der Waals surface area (Å²) in [5, 5.41) is 2.64. The van der Waals surface area contributed by atoms with E-state index in [4.69, 9.17) is 20.9 Å². The van der Waals surface area contributed by atoms with Crippen molar-refractivity contribution in [3.05, 3.63) is 35.9 Å². The van der Waals surface area contributed by atoms with E-state index < -0.39 is 29.7 Å². The topological polar surface area (TPSA) is 149 Å². The molecule has 10 nitrogen and oxygen atoms in total. The number of nitrogens with one attached hydrogen (secondary N) is 1. The molecule has 1 heterocycles. The molecule has 1 aromatic rings. The molecule has 1 saturated heterocycles. The number of ether oxygens (including phenoxy) is 2. The van der Waals surface area contributed by atoms with E-state index in [1.807, 2.05) is 30.3 Å². The number of aliphatic imine (C=N–C) groups is 1. The van der Waals surface area contributed by atoms with Gasteiger partial charge in [0.25, 0.3) is 0 Å². The molecule has 0 saturated carbocycles. The van der Waals surface area contributed by atoms with Gasteiger partial charge in [0, 0.05) is 13.1 Å². The monoisotopic (exact) mass is 461 g/mol. The first-order valence-corrected chi connectivity index (χ1v) is 11.1. The number of nitrogens with zero attached hydrogens (tertiary/aromatic N) is 2. The minimum atomic E-state index is -0.878. The third-order valence-electron chi connectivity index (χ3n) is 4.97. The van der Waals surface area contributed by atoms with Crippen molar-refractivity contribution in [2.24, 2.45) is 16.5 Å². The molecule has 0 unspecified atom stereocenters. The standard InChI is InChI=1S/C23H35N5O5/c1-23(2,3)33-22(31)27-17(11-7-13-26-21(24)25)19(29)28-14-8-12-18(28)20(30)32-15-16-9-5-4-6-10-16/h4-6,9-10,17-18H,7-8,11-15H2,1-3H3,(H,27,31)(H4,24,25,26)/t17-,18-/m0/s1. The fraction of sp³-hybridized carbons (Fsp3) is 0.565. The number of hydrogen-bond donors (Lipinski definition) is 3. The lowest BCUT2D eigenvalue weighted by molar-refractivity contribution is -0.155. The second-order valence-electron chi connectivity index (χ2n) is 8.93. The summed E-state index contributed by atoms with van der Waals surface area (Å²) >= 11 is 0. The Kier molecular flexibility index (Phi) is 9.50. The summed E-state index contributed by atoms with van der Waals surface area (Å²) in [6.07, 6.45) is 1.22. The number of benzene rings is 1. The molecule has 33 heavy (non-hydrogen) atoms. The number of carbonyl (C=O) groups is 3. The molecular weight excluding hydrogens is 426 g/mol. The van der Waals surface area contributed by atoms with Crippen LogP contribution in [0.25, 0.3) is 0 Å². The van der Waals surface area contributed by atoms with Crippen LogP contribution in [0.3, 0.4) is 0 Å². The first-order chi connectivity index (χ1) is 15.6. The highest BCUT2D eigenvalue weighted by atomic mass is 16.6. The number of nitrogens with two attached hydrogens (primary N) is 2. The molecule has 1 aliphatic rings. The van der Waals surface area contributed by atoms with E-state index in [0.717, 1.165) is 5.56 Å². The Labute approximate surface area is 194 Å². The SMILES string of the molecule is CC(C)(C)OC(=O)N[C@@H](CCCN=C(N)N)C(=O)N1CCC[C@H]1C(=O)OCc1ccccc1. The van der Waals surface area contributed by atoms with E-state index in [1.165, 1.54) is 4.90 Å². The first-order valence-electron chi connectivity index (χ1n) is 11.1. The number of amides is 2. The van der Waals surface area contributed by atoms with Crippen LogP contribution in [0.15, 0.2) is 35.3 Å². The molecule has 2 amide bonds. The summed E-state index contributed by atoms with van der Waals surface area (Å²) in [4.78, 5) is 43.8. The lowest BCUT2D eigenvalue weighted by atomic mass is 10.1. The number of alkyl carbamates (subject to hydrolysis) is 1. The zero-order valence-electron chi connectivity index (χ0n) is 19.6. The Balaban J connectivity index is 2.05. The van der Waals surface area contributed by atoms with Crippen LogP contribution in [0.1, 0.15) is 52.0 Å². The highest BCUT2D eigenvalue weighted by molar-refractivity contribution is 5.90. The number of esters is 1. The zero-order valence-corrected chi connectivity index (χ0v) is 19.6. The number of guanidine groups is 1. The van der Waals surface area contributed by atoms with Gasteiger partial charge in [-0.1, -0.05) is 30.3 Å². The highest BCUT2D eigenvalue weighted by Crippen LogP contribution is 2.21. The fourth-order valence-electron chi connectivity index (χ4n) is 3.51. The van der Waals surface area contributed by atoms with Gasteiger partial charge in [-0.25, -0.2) is 9.59 Å². The molecule has 1 aliphatic heterocycles. The van der Waals surface area contributed by atoms with Crippen LogP contribution in [0.5, 0.6) is 0 Å².